The van der Waals surface area contributed by atoms with Crippen molar-refractivity contribution in [3.63, 3.8) is 0 Å². The lowest BCUT2D eigenvalue weighted by Crippen LogP contribution is -2.39. The van der Waals surface area contributed by atoms with Gasteiger partial charge in [0, 0.05) is 36.4 Å². The molecule has 0 radical (unpaired) electrons. The highest BCUT2D eigenvalue weighted by Gasteiger charge is 2.22. The topological polar surface area (TPSA) is 47.1 Å². The molecular formula is C15H22N4. The lowest BCUT2D eigenvalue weighted by molar-refractivity contribution is 0.147. The van der Waals surface area contributed by atoms with Crippen molar-refractivity contribution in [2.24, 2.45) is 0 Å². The Kier molecular flexibility index (Phi) is 3.19. The zero-order valence-corrected chi connectivity index (χ0v) is 11.7. The summed E-state index contributed by atoms with van der Waals surface area (Å²) in [6.07, 6.45) is 4.52. The average Bonchev–Trinajstić information content (AvgIpc) is 2.81. The summed E-state index contributed by atoms with van der Waals surface area (Å²) in [5.74, 6) is 0. The van der Waals surface area contributed by atoms with Crippen LogP contribution in [0.3, 0.4) is 0 Å². The highest BCUT2D eigenvalue weighted by Crippen LogP contribution is 2.25. The Morgan fingerprint density at radius 3 is 2.68 bits per heavy atom. The molecule has 1 aromatic heterocycles. The first-order chi connectivity index (χ1) is 9.13. The Morgan fingerprint density at radius 1 is 1.26 bits per heavy atom. The Balaban J connectivity index is 1.78. The summed E-state index contributed by atoms with van der Waals surface area (Å²) in [6, 6.07) is 7.13. The Hall–Kier alpha value is -1.55. The van der Waals surface area contributed by atoms with Crippen LogP contribution in [0.2, 0.25) is 0 Å². The van der Waals surface area contributed by atoms with E-state index in [2.05, 4.69) is 40.8 Å². The molecule has 1 fully saturated rings. The summed E-state index contributed by atoms with van der Waals surface area (Å²) < 4.78 is 2.14. The molecule has 2 N–H and O–H groups in total. The van der Waals surface area contributed by atoms with Crippen LogP contribution < -0.4 is 5.73 Å². The first-order valence-electron chi connectivity index (χ1n) is 7.12. The fraction of sp³-hybridized carbons (Fsp3) is 0.533. The molecule has 0 saturated carbocycles. The molecular weight excluding hydrogens is 236 g/mol. The number of piperidine rings is 1. The van der Waals surface area contributed by atoms with Gasteiger partial charge in [-0.25, -0.2) is 0 Å². The van der Waals surface area contributed by atoms with Gasteiger partial charge in [-0.2, -0.15) is 5.10 Å². The third kappa shape index (κ3) is 2.45. The predicted octanol–water partition coefficient (Wildman–Crippen LogP) is 2.66. The predicted molar refractivity (Wildman–Crippen MR) is 79.1 cm³/mol. The van der Waals surface area contributed by atoms with Crippen LogP contribution in [0.1, 0.15) is 32.7 Å². The maximum absolute atomic E-state index is 5.81. The van der Waals surface area contributed by atoms with Crippen LogP contribution in [0.15, 0.2) is 24.4 Å². The normalized spacial score (nSPS) is 18.5. The number of hydrogen-bond acceptors (Lipinski definition) is 3. The third-order valence-electron chi connectivity index (χ3n) is 4.15. The number of hydrogen-bond donors (Lipinski definition) is 1. The van der Waals surface area contributed by atoms with Gasteiger partial charge in [0.1, 0.15) is 0 Å². The van der Waals surface area contributed by atoms with Crippen molar-refractivity contribution in [2.75, 3.05) is 18.8 Å². The Morgan fingerprint density at radius 2 is 2.00 bits per heavy atom. The van der Waals surface area contributed by atoms with Crippen LogP contribution in [0, 0.1) is 0 Å². The molecule has 4 nitrogen and oxygen atoms in total. The van der Waals surface area contributed by atoms with Crippen LogP contribution in [0.25, 0.3) is 10.9 Å². The van der Waals surface area contributed by atoms with Crippen LogP contribution in [0.5, 0.6) is 0 Å². The summed E-state index contributed by atoms with van der Waals surface area (Å²) in [5.41, 5.74) is 7.60. The number of likely N-dealkylation sites (tertiary alicyclic amines) is 1. The average molecular weight is 258 g/mol. The van der Waals surface area contributed by atoms with E-state index in [0.29, 0.717) is 12.1 Å². The summed E-state index contributed by atoms with van der Waals surface area (Å²) in [5, 5.41) is 5.87. The summed E-state index contributed by atoms with van der Waals surface area (Å²) in [4.78, 5) is 2.54. The highest BCUT2D eigenvalue weighted by molar-refractivity contribution is 5.81. The van der Waals surface area contributed by atoms with Gasteiger partial charge < -0.3 is 10.6 Å². The van der Waals surface area contributed by atoms with E-state index < -0.39 is 0 Å². The zero-order chi connectivity index (χ0) is 13.4. The number of nitrogens with two attached hydrogens (primary N) is 1. The fourth-order valence-corrected chi connectivity index (χ4v) is 2.91. The minimum atomic E-state index is 0.531. The summed E-state index contributed by atoms with van der Waals surface area (Å²) in [6.45, 7) is 6.87. The molecule has 2 aromatic rings. The monoisotopic (exact) mass is 258 g/mol. The molecule has 2 heterocycles. The van der Waals surface area contributed by atoms with Crippen LogP contribution in [-0.2, 0) is 0 Å². The lowest BCUT2D eigenvalue weighted by Gasteiger charge is -2.34. The maximum atomic E-state index is 5.81. The van der Waals surface area contributed by atoms with Crippen molar-refractivity contribution in [3.8, 4) is 0 Å². The van der Waals surface area contributed by atoms with Crippen LogP contribution >= 0.6 is 0 Å². The minimum absolute atomic E-state index is 0.531. The SMILES string of the molecule is CC(C)N1CCC(n2cc3ccc(N)cc3n2)CC1. The van der Waals surface area contributed by atoms with E-state index in [1.165, 1.54) is 31.3 Å². The smallest absolute Gasteiger partial charge is 0.0943 e. The van der Waals surface area contributed by atoms with E-state index in [0.717, 1.165) is 11.2 Å². The molecule has 19 heavy (non-hydrogen) atoms. The van der Waals surface area contributed by atoms with Gasteiger partial charge in [0.15, 0.2) is 0 Å². The first kappa shape index (κ1) is 12.5. The van der Waals surface area contributed by atoms with Crippen molar-refractivity contribution in [1.29, 1.82) is 0 Å². The van der Waals surface area contributed by atoms with Gasteiger partial charge in [0.2, 0.25) is 0 Å². The van der Waals surface area contributed by atoms with E-state index in [1.807, 2.05) is 12.1 Å². The number of aromatic nitrogens is 2. The number of rotatable bonds is 2. The molecule has 0 aliphatic carbocycles. The number of nitrogen functional groups attached to an aromatic ring is 1. The lowest BCUT2D eigenvalue weighted by atomic mass is 10.0. The van der Waals surface area contributed by atoms with Crippen LogP contribution in [0.4, 0.5) is 5.69 Å². The molecule has 3 rings (SSSR count). The van der Waals surface area contributed by atoms with Gasteiger partial charge in [-0.15, -0.1) is 0 Å². The van der Waals surface area contributed by atoms with E-state index in [9.17, 15) is 0 Å². The van der Waals surface area contributed by atoms with Gasteiger partial charge in [-0.1, -0.05) is 0 Å². The number of fused-ring (bicyclic) bond motifs is 1. The molecule has 102 valence electrons. The molecule has 1 aliphatic rings. The second-order valence-corrected chi connectivity index (χ2v) is 5.79. The second kappa shape index (κ2) is 4.85. The number of anilines is 1. The molecule has 0 atom stereocenters. The molecule has 4 heteroatoms. The summed E-state index contributed by atoms with van der Waals surface area (Å²) >= 11 is 0. The van der Waals surface area contributed by atoms with Gasteiger partial charge in [0.25, 0.3) is 0 Å². The molecule has 1 aromatic carbocycles. The highest BCUT2D eigenvalue weighted by atomic mass is 15.3. The van der Waals surface area contributed by atoms with Crippen molar-refractivity contribution >= 4 is 16.6 Å². The molecule has 0 spiro atoms. The Labute approximate surface area is 114 Å². The van der Waals surface area contributed by atoms with Crippen molar-refractivity contribution in [3.05, 3.63) is 24.4 Å². The van der Waals surface area contributed by atoms with Crippen molar-refractivity contribution in [2.45, 2.75) is 38.8 Å². The van der Waals surface area contributed by atoms with Crippen molar-refractivity contribution in [1.82, 2.24) is 14.7 Å². The molecule has 0 amide bonds. The van der Waals surface area contributed by atoms with Gasteiger partial charge in [0.05, 0.1) is 11.6 Å². The third-order valence-corrected chi connectivity index (χ3v) is 4.15. The van der Waals surface area contributed by atoms with E-state index in [-0.39, 0.29) is 0 Å². The first-order valence-corrected chi connectivity index (χ1v) is 7.12. The molecule has 1 saturated heterocycles. The van der Waals surface area contributed by atoms with Gasteiger partial charge in [-0.05, 0) is 44.9 Å². The molecule has 0 unspecified atom stereocenters. The standard InChI is InChI=1S/C15H22N4/c1-11(2)18-7-5-14(6-8-18)19-10-12-3-4-13(16)9-15(12)17-19/h3-4,9-11,14H,5-8,16H2,1-2H3. The van der Waals surface area contributed by atoms with E-state index in [4.69, 9.17) is 5.73 Å². The summed E-state index contributed by atoms with van der Waals surface area (Å²) in [7, 11) is 0. The molecule has 0 bridgehead atoms. The maximum Gasteiger partial charge on any atom is 0.0943 e. The van der Waals surface area contributed by atoms with Crippen LogP contribution in [-0.4, -0.2) is 33.8 Å². The van der Waals surface area contributed by atoms with E-state index in [1.54, 1.807) is 0 Å². The fourth-order valence-electron chi connectivity index (χ4n) is 2.91. The minimum Gasteiger partial charge on any atom is -0.399 e. The number of benzene rings is 1. The van der Waals surface area contributed by atoms with Gasteiger partial charge in [-0.3, -0.25) is 4.68 Å². The van der Waals surface area contributed by atoms with Gasteiger partial charge >= 0.3 is 0 Å². The number of nitrogens with zero attached hydrogens (tertiary/aromatic N) is 3. The Bertz CT molecular complexity index is 565. The quantitative estimate of drug-likeness (QED) is 0.842. The second-order valence-electron chi connectivity index (χ2n) is 5.79. The van der Waals surface area contributed by atoms with E-state index >= 15 is 0 Å². The van der Waals surface area contributed by atoms with Crippen molar-refractivity contribution < 1.29 is 0 Å². The largest absolute Gasteiger partial charge is 0.399 e. The molecule has 1 aliphatic heterocycles. The zero-order valence-electron chi connectivity index (χ0n) is 11.7.